The van der Waals surface area contributed by atoms with Gasteiger partial charge >= 0.3 is 5.97 Å². The number of carboxylic acids is 1. The van der Waals surface area contributed by atoms with Gasteiger partial charge in [0.2, 0.25) is 0 Å². The fourth-order valence-electron chi connectivity index (χ4n) is 1.75. The first-order valence-electron chi connectivity index (χ1n) is 5.97. The van der Waals surface area contributed by atoms with Gasteiger partial charge in [-0.25, -0.2) is 4.39 Å². The number of aliphatic carboxylic acids is 1. The third-order valence-corrected chi connectivity index (χ3v) is 2.84. The van der Waals surface area contributed by atoms with Crippen molar-refractivity contribution in [1.82, 2.24) is 0 Å². The molecule has 0 aromatic heterocycles. The quantitative estimate of drug-likeness (QED) is 0.881. The van der Waals surface area contributed by atoms with Crippen LogP contribution in [-0.4, -0.2) is 22.8 Å². The van der Waals surface area contributed by atoms with Crippen molar-refractivity contribution in [3.63, 3.8) is 0 Å². The maximum atomic E-state index is 13.4. The van der Waals surface area contributed by atoms with Crippen LogP contribution in [0.4, 0.5) is 4.39 Å². The first-order valence-corrected chi connectivity index (χ1v) is 5.97. The van der Waals surface area contributed by atoms with Gasteiger partial charge in [-0.3, -0.25) is 4.79 Å². The lowest BCUT2D eigenvalue weighted by atomic mass is 10.0. The van der Waals surface area contributed by atoms with Crippen molar-refractivity contribution >= 4 is 5.97 Å². The highest BCUT2D eigenvalue weighted by Crippen LogP contribution is 2.22. The monoisotopic (exact) mass is 276 g/mol. The van der Waals surface area contributed by atoms with Crippen molar-refractivity contribution in [2.45, 2.75) is 5.92 Å². The van der Waals surface area contributed by atoms with Crippen LogP contribution in [0.5, 0.6) is 11.5 Å². The van der Waals surface area contributed by atoms with Crippen molar-refractivity contribution in [2.24, 2.45) is 0 Å². The van der Waals surface area contributed by atoms with E-state index in [0.29, 0.717) is 5.56 Å². The van der Waals surface area contributed by atoms with E-state index >= 15 is 0 Å². The Labute approximate surface area is 115 Å². The zero-order valence-corrected chi connectivity index (χ0v) is 10.5. The van der Waals surface area contributed by atoms with Crippen LogP contribution in [0.25, 0.3) is 0 Å². The molecule has 1 unspecified atom stereocenters. The minimum atomic E-state index is -1.08. The number of rotatable bonds is 5. The average Bonchev–Trinajstić information content (AvgIpc) is 2.42. The fourth-order valence-corrected chi connectivity index (χ4v) is 1.75. The van der Waals surface area contributed by atoms with E-state index in [-0.39, 0.29) is 18.1 Å². The van der Waals surface area contributed by atoms with E-state index in [1.807, 2.05) is 0 Å². The van der Waals surface area contributed by atoms with Crippen LogP contribution in [0.1, 0.15) is 11.5 Å². The second-order valence-electron chi connectivity index (χ2n) is 4.22. The number of carboxylic acid groups (broad SMARTS) is 1. The molecule has 0 aliphatic carbocycles. The normalized spacial score (nSPS) is 11.8. The van der Waals surface area contributed by atoms with Crippen molar-refractivity contribution in [2.75, 3.05) is 6.61 Å². The standard InChI is InChI=1S/C15H13FO4/c16-13-3-1-2-4-14(13)20-9-12(15(18)19)10-5-7-11(17)8-6-10/h1-8,12,17H,9H2,(H,18,19). The lowest BCUT2D eigenvalue weighted by Gasteiger charge is -2.14. The Kier molecular flexibility index (Phi) is 4.20. The van der Waals surface area contributed by atoms with Gasteiger partial charge in [-0.15, -0.1) is 0 Å². The van der Waals surface area contributed by atoms with Gasteiger partial charge in [0.1, 0.15) is 18.3 Å². The third-order valence-electron chi connectivity index (χ3n) is 2.84. The molecule has 0 bridgehead atoms. The molecule has 0 saturated heterocycles. The van der Waals surface area contributed by atoms with E-state index < -0.39 is 17.7 Å². The Morgan fingerprint density at radius 3 is 2.40 bits per heavy atom. The first kappa shape index (κ1) is 13.9. The molecule has 0 spiro atoms. The molecule has 0 aliphatic heterocycles. The number of aromatic hydroxyl groups is 1. The SMILES string of the molecule is O=C(O)C(COc1ccccc1F)c1ccc(O)cc1. The van der Waals surface area contributed by atoms with Crippen LogP contribution < -0.4 is 4.74 Å². The predicted molar refractivity (Wildman–Crippen MR) is 70.4 cm³/mol. The summed E-state index contributed by atoms with van der Waals surface area (Å²) in [4.78, 5) is 11.3. The number of halogens is 1. The molecule has 0 aliphatic rings. The summed E-state index contributed by atoms with van der Waals surface area (Å²) in [5.74, 6) is -2.49. The summed E-state index contributed by atoms with van der Waals surface area (Å²) in [6, 6.07) is 11.6. The van der Waals surface area contributed by atoms with Gasteiger partial charge in [0.05, 0.1) is 0 Å². The highest BCUT2D eigenvalue weighted by atomic mass is 19.1. The minimum absolute atomic E-state index is 0.0116. The second-order valence-corrected chi connectivity index (χ2v) is 4.22. The molecule has 5 heteroatoms. The summed E-state index contributed by atoms with van der Waals surface area (Å²) in [6.07, 6.45) is 0. The minimum Gasteiger partial charge on any atom is -0.508 e. The second kappa shape index (κ2) is 6.06. The van der Waals surface area contributed by atoms with Gasteiger partial charge in [0.15, 0.2) is 11.6 Å². The number of phenols is 1. The number of carbonyl (C=O) groups is 1. The molecule has 1 atom stereocenters. The molecule has 2 rings (SSSR count). The smallest absolute Gasteiger partial charge is 0.314 e. The van der Waals surface area contributed by atoms with E-state index in [0.717, 1.165) is 0 Å². The van der Waals surface area contributed by atoms with Crippen molar-refractivity contribution in [3.8, 4) is 11.5 Å². The molecular weight excluding hydrogens is 263 g/mol. The maximum Gasteiger partial charge on any atom is 0.314 e. The first-order chi connectivity index (χ1) is 9.58. The molecule has 0 saturated carbocycles. The van der Waals surface area contributed by atoms with E-state index in [1.165, 1.54) is 42.5 Å². The summed E-state index contributed by atoms with van der Waals surface area (Å²) in [5, 5.41) is 18.4. The van der Waals surface area contributed by atoms with Crippen LogP contribution >= 0.6 is 0 Å². The van der Waals surface area contributed by atoms with Gasteiger partial charge in [-0.2, -0.15) is 0 Å². The number of hydrogen-bond donors (Lipinski definition) is 2. The molecule has 0 fully saturated rings. The third kappa shape index (κ3) is 3.26. The van der Waals surface area contributed by atoms with Crippen molar-refractivity contribution in [3.05, 3.63) is 59.9 Å². The van der Waals surface area contributed by atoms with Crippen LogP contribution in [0.15, 0.2) is 48.5 Å². The lowest BCUT2D eigenvalue weighted by molar-refractivity contribution is -0.139. The molecule has 0 radical (unpaired) electrons. The van der Waals surface area contributed by atoms with E-state index in [2.05, 4.69) is 0 Å². The van der Waals surface area contributed by atoms with E-state index in [9.17, 15) is 19.4 Å². The molecule has 2 N–H and O–H groups in total. The molecular formula is C15H13FO4. The number of hydrogen-bond acceptors (Lipinski definition) is 3. The van der Waals surface area contributed by atoms with Gasteiger partial charge in [0, 0.05) is 0 Å². The van der Waals surface area contributed by atoms with Crippen LogP contribution in [-0.2, 0) is 4.79 Å². The highest BCUT2D eigenvalue weighted by molar-refractivity contribution is 5.76. The number of benzene rings is 2. The number of ether oxygens (including phenoxy) is 1. The molecule has 104 valence electrons. The number of phenolic OH excluding ortho intramolecular Hbond substituents is 1. The molecule has 0 amide bonds. The fraction of sp³-hybridized carbons (Fsp3) is 0.133. The topological polar surface area (TPSA) is 66.8 Å². The van der Waals surface area contributed by atoms with Crippen LogP contribution in [0.2, 0.25) is 0 Å². The molecule has 2 aromatic rings. The molecule has 20 heavy (non-hydrogen) atoms. The van der Waals surface area contributed by atoms with Crippen LogP contribution in [0.3, 0.4) is 0 Å². The van der Waals surface area contributed by atoms with Crippen molar-refractivity contribution < 1.29 is 24.1 Å². The summed E-state index contributed by atoms with van der Waals surface area (Å²) in [6.45, 7) is -0.193. The Morgan fingerprint density at radius 2 is 1.80 bits per heavy atom. The summed E-state index contributed by atoms with van der Waals surface area (Å²) in [5.41, 5.74) is 0.478. The highest BCUT2D eigenvalue weighted by Gasteiger charge is 2.21. The summed E-state index contributed by atoms with van der Waals surface area (Å²) < 4.78 is 18.6. The van der Waals surface area contributed by atoms with Gasteiger partial charge in [-0.1, -0.05) is 24.3 Å². The molecule has 2 aromatic carbocycles. The number of para-hydroxylation sites is 1. The Bertz CT molecular complexity index is 595. The van der Waals surface area contributed by atoms with Crippen LogP contribution in [0, 0.1) is 5.82 Å². The lowest BCUT2D eigenvalue weighted by Crippen LogP contribution is -2.19. The Balaban J connectivity index is 2.13. The van der Waals surface area contributed by atoms with E-state index in [1.54, 1.807) is 6.07 Å². The van der Waals surface area contributed by atoms with Gasteiger partial charge < -0.3 is 14.9 Å². The molecule has 4 nitrogen and oxygen atoms in total. The predicted octanol–water partition coefficient (Wildman–Crippen LogP) is 2.78. The average molecular weight is 276 g/mol. The Hall–Kier alpha value is -2.56. The summed E-state index contributed by atoms with van der Waals surface area (Å²) in [7, 11) is 0. The van der Waals surface area contributed by atoms with Crippen molar-refractivity contribution in [1.29, 1.82) is 0 Å². The zero-order valence-electron chi connectivity index (χ0n) is 10.5. The van der Waals surface area contributed by atoms with Gasteiger partial charge in [-0.05, 0) is 29.8 Å². The van der Waals surface area contributed by atoms with E-state index in [4.69, 9.17) is 4.74 Å². The maximum absolute atomic E-state index is 13.4. The molecule has 0 heterocycles. The summed E-state index contributed by atoms with van der Waals surface area (Å²) >= 11 is 0. The zero-order chi connectivity index (χ0) is 14.5. The Morgan fingerprint density at radius 1 is 1.15 bits per heavy atom. The van der Waals surface area contributed by atoms with Gasteiger partial charge in [0.25, 0.3) is 0 Å². The largest absolute Gasteiger partial charge is 0.508 e.